The van der Waals surface area contributed by atoms with Crippen molar-refractivity contribution < 1.29 is 33.6 Å². The van der Waals surface area contributed by atoms with Crippen molar-refractivity contribution in [1.29, 1.82) is 0 Å². The first-order valence-corrected chi connectivity index (χ1v) is 8.17. The van der Waals surface area contributed by atoms with Gasteiger partial charge in [0.05, 0.1) is 20.0 Å². The van der Waals surface area contributed by atoms with Crippen molar-refractivity contribution in [3.63, 3.8) is 0 Å². The van der Waals surface area contributed by atoms with Crippen molar-refractivity contribution in [2.24, 2.45) is 0 Å². The molecule has 0 radical (unpaired) electrons. The fourth-order valence-electron chi connectivity index (χ4n) is 2.22. The molecule has 0 fully saturated rings. The fraction of sp³-hybridized carbons (Fsp3) is 0.200. The Kier molecular flexibility index (Phi) is 7.25. The second kappa shape index (κ2) is 9.86. The second-order valence-corrected chi connectivity index (χ2v) is 5.24. The van der Waals surface area contributed by atoms with Gasteiger partial charge in [-0.15, -0.1) is 0 Å². The highest BCUT2D eigenvalue weighted by Crippen LogP contribution is 2.31. The van der Waals surface area contributed by atoms with Crippen LogP contribution in [0.25, 0.3) is 5.57 Å². The zero-order valence-electron chi connectivity index (χ0n) is 15.0. The topological polar surface area (TPSA) is 91.3 Å². The number of methoxy groups -OCH3 is 1. The SMILES string of the molecule is CCOC(=O)COc1cccc(Oc2ccccc2C(=COC)C(=O)O)c1. The smallest absolute Gasteiger partial charge is 0.344 e. The summed E-state index contributed by atoms with van der Waals surface area (Å²) in [5.74, 6) is -0.426. The number of carboxylic acids is 1. The minimum Gasteiger partial charge on any atom is -0.503 e. The maximum Gasteiger partial charge on any atom is 0.344 e. The Labute approximate surface area is 156 Å². The molecule has 142 valence electrons. The molecule has 0 amide bonds. The third kappa shape index (κ3) is 5.78. The Bertz CT molecular complexity index is 827. The molecule has 1 N–H and O–H groups in total. The zero-order valence-corrected chi connectivity index (χ0v) is 15.0. The van der Waals surface area contributed by atoms with E-state index in [2.05, 4.69) is 0 Å². The number of carboxylic acid groups (broad SMARTS) is 1. The number of hydrogen-bond acceptors (Lipinski definition) is 6. The molecule has 0 atom stereocenters. The van der Waals surface area contributed by atoms with Crippen LogP contribution < -0.4 is 9.47 Å². The van der Waals surface area contributed by atoms with E-state index in [0.29, 0.717) is 22.8 Å². The predicted octanol–water partition coefficient (Wildman–Crippen LogP) is 3.49. The normalized spacial score (nSPS) is 10.8. The Hall–Kier alpha value is -3.48. The van der Waals surface area contributed by atoms with E-state index >= 15 is 0 Å². The molecule has 0 aromatic heterocycles. The van der Waals surface area contributed by atoms with Gasteiger partial charge in [-0.2, -0.15) is 0 Å². The Morgan fingerprint density at radius 3 is 2.52 bits per heavy atom. The molecule has 0 saturated heterocycles. The summed E-state index contributed by atoms with van der Waals surface area (Å²) in [6, 6.07) is 13.3. The fourth-order valence-corrected chi connectivity index (χ4v) is 2.22. The monoisotopic (exact) mass is 372 g/mol. The predicted molar refractivity (Wildman–Crippen MR) is 97.7 cm³/mol. The quantitative estimate of drug-likeness (QED) is 0.409. The molecule has 0 saturated carbocycles. The Morgan fingerprint density at radius 2 is 1.81 bits per heavy atom. The van der Waals surface area contributed by atoms with Crippen molar-refractivity contribution in [2.45, 2.75) is 6.92 Å². The van der Waals surface area contributed by atoms with Gasteiger partial charge in [-0.05, 0) is 25.1 Å². The number of hydrogen-bond donors (Lipinski definition) is 1. The summed E-state index contributed by atoms with van der Waals surface area (Å²) in [5, 5.41) is 9.39. The summed E-state index contributed by atoms with van der Waals surface area (Å²) in [5.41, 5.74) is 0.326. The lowest BCUT2D eigenvalue weighted by Crippen LogP contribution is -2.14. The first-order chi connectivity index (χ1) is 13.0. The number of carbonyl (C=O) groups excluding carboxylic acids is 1. The molecule has 0 aliphatic carbocycles. The van der Waals surface area contributed by atoms with Crippen LogP contribution in [0.3, 0.4) is 0 Å². The lowest BCUT2D eigenvalue weighted by Gasteiger charge is -2.12. The minimum absolute atomic E-state index is 0.0391. The molecular formula is C20H20O7. The van der Waals surface area contributed by atoms with Gasteiger partial charge >= 0.3 is 11.9 Å². The van der Waals surface area contributed by atoms with Gasteiger partial charge in [-0.25, -0.2) is 9.59 Å². The number of para-hydroxylation sites is 1. The van der Waals surface area contributed by atoms with Crippen LogP contribution in [0.2, 0.25) is 0 Å². The van der Waals surface area contributed by atoms with Crippen molar-refractivity contribution in [2.75, 3.05) is 20.3 Å². The second-order valence-electron chi connectivity index (χ2n) is 5.24. The minimum atomic E-state index is -1.14. The van der Waals surface area contributed by atoms with Crippen LogP contribution in [0.15, 0.2) is 54.8 Å². The molecule has 2 rings (SSSR count). The van der Waals surface area contributed by atoms with Crippen LogP contribution in [0.1, 0.15) is 12.5 Å². The molecule has 2 aromatic carbocycles. The number of ether oxygens (including phenoxy) is 4. The van der Waals surface area contributed by atoms with Gasteiger partial charge in [-0.1, -0.05) is 24.3 Å². The highest BCUT2D eigenvalue weighted by atomic mass is 16.6. The number of rotatable bonds is 9. The lowest BCUT2D eigenvalue weighted by molar-refractivity contribution is -0.145. The average molecular weight is 372 g/mol. The average Bonchev–Trinajstić information content (AvgIpc) is 2.65. The first-order valence-electron chi connectivity index (χ1n) is 8.17. The van der Waals surface area contributed by atoms with Gasteiger partial charge in [0.2, 0.25) is 0 Å². The van der Waals surface area contributed by atoms with Crippen LogP contribution in [0.5, 0.6) is 17.2 Å². The van der Waals surface area contributed by atoms with Crippen LogP contribution in [-0.4, -0.2) is 37.4 Å². The summed E-state index contributed by atoms with van der Waals surface area (Å²) >= 11 is 0. The molecule has 2 aromatic rings. The molecule has 0 bridgehead atoms. The van der Waals surface area contributed by atoms with E-state index in [9.17, 15) is 14.7 Å². The van der Waals surface area contributed by atoms with Crippen LogP contribution in [0.4, 0.5) is 0 Å². The van der Waals surface area contributed by atoms with Gasteiger partial charge in [0, 0.05) is 11.6 Å². The summed E-state index contributed by atoms with van der Waals surface area (Å²) in [6.07, 6.45) is 1.14. The summed E-state index contributed by atoms with van der Waals surface area (Å²) in [4.78, 5) is 22.9. The van der Waals surface area contributed by atoms with Crippen molar-refractivity contribution in [3.8, 4) is 17.2 Å². The molecule has 27 heavy (non-hydrogen) atoms. The largest absolute Gasteiger partial charge is 0.503 e. The van der Waals surface area contributed by atoms with Crippen molar-refractivity contribution in [1.82, 2.24) is 0 Å². The van der Waals surface area contributed by atoms with E-state index < -0.39 is 11.9 Å². The molecule has 7 heteroatoms. The van der Waals surface area contributed by atoms with Gasteiger partial charge in [0.25, 0.3) is 0 Å². The van der Waals surface area contributed by atoms with E-state index in [0.717, 1.165) is 6.26 Å². The third-order valence-electron chi connectivity index (χ3n) is 3.34. The van der Waals surface area contributed by atoms with Gasteiger partial charge in [0.1, 0.15) is 22.8 Å². The van der Waals surface area contributed by atoms with E-state index in [1.165, 1.54) is 7.11 Å². The van der Waals surface area contributed by atoms with Gasteiger partial charge in [0.15, 0.2) is 6.61 Å². The summed E-state index contributed by atoms with van der Waals surface area (Å²) in [6.45, 7) is 1.78. The van der Waals surface area contributed by atoms with Gasteiger partial charge in [-0.3, -0.25) is 0 Å². The highest BCUT2D eigenvalue weighted by Gasteiger charge is 2.16. The Balaban J connectivity index is 2.21. The van der Waals surface area contributed by atoms with E-state index in [1.807, 2.05) is 0 Å². The first kappa shape index (κ1) is 19.8. The molecule has 0 aliphatic heterocycles. The molecule has 7 nitrogen and oxygen atoms in total. The highest BCUT2D eigenvalue weighted by molar-refractivity contribution is 6.15. The maximum atomic E-state index is 11.5. The standard InChI is InChI=1S/C20H20O7/c1-3-25-19(21)13-26-14-7-6-8-15(11-14)27-18-10-5-4-9-16(18)17(12-24-2)20(22)23/h4-12H,3,13H2,1-2H3,(H,22,23). The number of carbonyl (C=O) groups is 2. The molecule has 0 unspecified atom stereocenters. The Morgan fingerprint density at radius 1 is 1.07 bits per heavy atom. The van der Waals surface area contributed by atoms with Crippen LogP contribution in [0, 0.1) is 0 Å². The van der Waals surface area contributed by atoms with Crippen LogP contribution >= 0.6 is 0 Å². The van der Waals surface area contributed by atoms with Crippen molar-refractivity contribution >= 4 is 17.5 Å². The maximum absolute atomic E-state index is 11.5. The molecule has 0 spiro atoms. The third-order valence-corrected chi connectivity index (χ3v) is 3.34. The van der Waals surface area contributed by atoms with E-state index in [4.69, 9.17) is 18.9 Å². The lowest BCUT2D eigenvalue weighted by atomic mass is 10.1. The zero-order chi connectivity index (χ0) is 19.6. The number of esters is 1. The number of benzene rings is 2. The van der Waals surface area contributed by atoms with Crippen molar-refractivity contribution in [3.05, 3.63) is 60.4 Å². The number of aliphatic carboxylic acids is 1. The summed E-state index contributed by atoms with van der Waals surface area (Å²) in [7, 11) is 1.37. The molecule has 0 heterocycles. The molecular weight excluding hydrogens is 352 g/mol. The van der Waals surface area contributed by atoms with E-state index in [1.54, 1.807) is 55.5 Å². The van der Waals surface area contributed by atoms with E-state index in [-0.39, 0.29) is 18.8 Å². The molecule has 0 aliphatic rings. The van der Waals surface area contributed by atoms with Gasteiger partial charge < -0.3 is 24.1 Å². The summed E-state index contributed by atoms with van der Waals surface area (Å²) < 4.78 is 20.9. The van der Waals surface area contributed by atoms with Crippen LogP contribution in [-0.2, 0) is 19.1 Å².